The molecule has 1 aromatic rings. The number of likely N-dealkylation sites (tertiary alicyclic amines) is 1. The van der Waals surface area contributed by atoms with Crippen molar-refractivity contribution in [3.8, 4) is 0 Å². The minimum atomic E-state index is -0.936. The molecule has 1 amide bonds. The average Bonchev–Trinajstić information content (AvgIpc) is 2.47. The number of methoxy groups -OCH3 is 1. The van der Waals surface area contributed by atoms with E-state index in [4.69, 9.17) is 9.84 Å². The molecule has 2 heterocycles. The van der Waals surface area contributed by atoms with Gasteiger partial charge in [-0.2, -0.15) is 0 Å². The molecule has 20 heavy (non-hydrogen) atoms. The summed E-state index contributed by atoms with van der Waals surface area (Å²) >= 11 is 0. The van der Waals surface area contributed by atoms with Crippen molar-refractivity contribution < 1.29 is 19.4 Å². The molecule has 0 atom stereocenters. The first-order chi connectivity index (χ1) is 9.60. The molecule has 6 heteroatoms. The predicted octanol–water partition coefficient (Wildman–Crippen LogP) is 1.80. The molecule has 0 spiro atoms. The van der Waals surface area contributed by atoms with Crippen molar-refractivity contribution in [1.82, 2.24) is 9.88 Å². The van der Waals surface area contributed by atoms with E-state index in [0.29, 0.717) is 19.0 Å². The summed E-state index contributed by atoms with van der Waals surface area (Å²) in [6.45, 7) is 1.35. The van der Waals surface area contributed by atoms with Crippen LogP contribution in [0.3, 0.4) is 0 Å². The second-order valence-corrected chi connectivity index (χ2v) is 4.95. The molecular weight excluding hydrogens is 260 g/mol. The minimum Gasteiger partial charge on any atom is -0.478 e. The van der Waals surface area contributed by atoms with Gasteiger partial charge >= 0.3 is 12.1 Å². The Hall–Kier alpha value is -2.11. The molecule has 0 aromatic carbocycles. The van der Waals surface area contributed by atoms with E-state index in [1.165, 1.54) is 19.4 Å². The number of hydrogen-bond acceptors (Lipinski definition) is 4. The van der Waals surface area contributed by atoms with E-state index in [-0.39, 0.29) is 11.7 Å². The zero-order valence-corrected chi connectivity index (χ0v) is 11.4. The van der Waals surface area contributed by atoms with Crippen LogP contribution in [-0.4, -0.2) is 47.3 Å². The van der Waals surface area contributed by atoms with Crippen molar-refractivity contribution in [2.45, 2.75) is 19.3 Å². The number of carbonyl (C=O) groups is 2. The zero-order valence-electron chi connectivity index (χ0n) is 11.4. The van der Waals surface area contributed by atoms with Crippen LogP contribution in [0.4, 0.5) is 4.79 Å². The molecule has 0 aliphatic carbocycles. The highest BCUT2D eigenvalue weighted by Gasteiger charge is 2.23. The van der Waals surface area contributed by atoms with Gasteiger partial charge in [-0.3, -0.25) is 4.98 Å². The molecule has 1 aromatic heterocycles. The molecule has 0 radical (unpaired) electrons. The summed E-state index contributed by atoms with van der Waals surface area (Å²) in [7, 11) is 1.38. The van der Waals surface area contributed by atoms with Crippen LogP contribution < -0.4 is 0 Å². The molecule has 0 unspecified atom stereocenters. The quantitative estimate of drug-likeness (QED) is 0.912. The fourth-order valence-electron chi connectivity index (χ4n) is 2.47. The van der Waals surface area contributed by atoms with Crippen LogP contribution in [0, 0.1) is 5.92 Å². The normalized spacial score (nSPS) is 15.9. The van der Waals surface area contributed by atoms with Crippen molar-refractivity contribution in [2.75, 3.05) is 20.2 Å². The van der Waals surface area contributed by atoms with E-state index < -0.39 is 5.97 Å². The maximum Gasteiger partial charge on any atom is 0.409 e. The number of amides is 1. The Morgan fingerprint density at radius 2 is 2.15 bits per heavy atom. The van der Waals surface area contributed by atoms with Crippen LogP contribution in [0.1, 0.15) is 28.9 Å². The van der Waals surface area contributed by atoms with Gasteiger partial charge < -0.3 is 14.7 Å². The number of carboxylic acids is 1. The first kappa shape index (κ1) is 14.3. The highest BCUT2D eigenvalue weighted by atomic mass is 16.5. The lowest BCUT2D eigenvalue weighted by molar-refractivity contribution is 0.0696. The monoisotopic (exact) mass is 278 g/mol. The third-order valence-corrected chi connectivity index (χ3v) is 3.61. The molecule has 1 aliphatic heterocycles. The van der Waals surface area contributed by atoms with Gasteiger partial charge in [-0.15, -0.1) is 0 Å². The topological polar surface area (TPSA) is 79.7 Å². The number of aromatic carboxylic acids is 1. The molecule has 1 fully saturated rings. The molecule has 0 saturated carbocycles. The van der Waals surface area contributed by atoms with E-state index in [1.807, 2.05) is 0 Å². The van der Waals surface area contributed by atoms with Gasteiger partial charge in [0.2, 0.25) is 0 Å². The highest BCUT2D eigenvalue weighted by Crippen LogP contribution is 2.21. The first-order valence-electron chi connectivity index (χ1n) is 6.61. The van der Waals surface area contributed by atoms with Gasteiger partial charge in [0.25, 0.3) is 0 Å². The van der Waals surface area contributed by atoms with E-state index >= 15 is 0 Å². The molecule has 108 valence electrons. The number of carboxylic acid groups (broad SMARTS) is 1. The van der Waals surface area contributed by atoms with Crippen molar-refractivity contribution in [3.05, 3.63) is 29.6 Å². The Morgan fingerprint density at radius 3 is 2.75 bits per heavy atom. The SMILES string of the molecule is COC(=O)N1CCC(Cc2cc(C(=O)O)ccn2)CC1. The summed E-state index contributed by atoms with van der Waals surface area (Å²) in [4.78, 5) is 28.2. The Balaban J connectivity index is 1.91. The van der Waals surface area contributed by atoms with Gasteiger partial charge in [0.05, 0.1) is 12.7 Å². The number of nitrogens with zero attached hydrogens (tertiary/aromatic N) is 2. The Bertz CT molecular complexity index is 496. The Labute approximate surface area is 117 Å². The maximum atomic E-state index is 11.4. The molecular formula is C14H18N2O4. The smallest absolute Gasteiger partial charge is 0.409 e. The van der Waals surface area contributed by atoms with Gasteiger partial charge in [-0.25, -0.2) is 9.59 Å². The fourth-order valence-corrected chi connectivity index (χ4v) is 2.47. The van der Waals surface area contributed by atoms with Crippen molar-refractivity contribution in [3.63, 3.8) is 0 Å². The lowest BCUT2D eigenvalue weighted by Crippen LogP contribution is -2.38. The van der Waals surface area contributed by atoms with E-state index in [9.17, 15) is 9.59 Å². The summed E-state index contributed by atoms with van der Waals surface area (Å²) in [5.74, 6) is -0.512. The summed E-state index contributed by atoms with van der Waals surface area (Å²) < 4.78 is 4.69. The third kappa shape index (κ3) is 3.46. The lowest BCUT2D eigenvalue weighted by atomic mass is 9.92. The van der Waals surface area contributed by atoms with Gasteiger partial charge in [0.1, 0.15) is 0 Å². The largest absolute Gasteiger partial charge is 0.478 e. The lowest BCUT2D eigenvalue weighted by Gasteiger charge is -2.30. The first-order valence-corrected chi connectivity index (χ1v) is 6.61. The molecule has 1 N–H and O–H groups in total. The molecule has 1 saturated heterocycles. The van der Waals surface area contributed by atoms with Gasteiger partial charge in [-0.1, -0.05) is 0 Å². The average molecular weight is 278 g/mol. The van der Waals surface area contributed by atoms with Gasteiger partial charge in [0.15, 0.2) is 0 Å². The van der Waals surface area contributed by atoms with E-state index in [0.717, 1.165) is 25.0 Å². The number of aromatic nitrogens is 1. The minimum absolute atomic E-state index is 0.266. The number of hydrogen-bond donors (Lipinski definition) is 1. The fraction of sp³-hybridized carbons (Fsp3) is 0.500. The van der Waals surface area contributed by atoms with Crippen LogP contribution in [0.15, 0.2) is 18.3 Å². The number of rotatable bonds is 3. The highest BCUT2D eigenvalue weighted by molar-refractivity contribution is 5.87. The Morgan fingerprint density at radius 1 is 1.45 bits per heavy atom. The zero-order chi connectivity index (χ0) is 14.5. The standard InChI is InChI=1S/C14H18N2O4/c1-20-14(19)16-6-3-10(4-7-16)8-12-9-11(13(17)18)2-5-15-12/h2,5,9-10H,3-4,6-8H2,1H3,(H,17,18). The van der Waals surface area contributed by atoms with Crippen LogP contribution >= 0.6 is 0 Å². The summed E-state index contributed by atoms with van der Waals surface area (Å²) in [6.07, 6.45) is 3.76. The van der Waals surface area contributed by atoms with Crippen LogP contribution in [-0.2, 0) is 11.2 Å². The number of carbonyl (C=O) groups excluding carboxylic acids is 1. The van der Waals surface area contributed by atoms with Gasteiger partial charge in [0, 0.05) is 25.0 Å². The summed E-state index contributed by atoms with van der Waals surface area (Å²) in [6, 6.07) is 3.11. The third-order valence-electron chi connectivity index (χ3n) is 3.61. The molecule has 1 aliphatic rings. The number of piperidine rings is 1. The summed E-state index contributed by atoms with van der Waals surface area (Å²) in [5, 5.41) is 8.95. The molecule has 0 bridgehead atoms. The van der Waals surface area contributed by atoms with Gasteiger partial charge in [-0.05, 0) is 37.3 Å². The second kappa shape index (κ2) is 6.36. The van der Waals surface area contributed by atoms with Crippen molar-refractivity contribution in [1.29, 1.82) is 0 Å². The Kier molecular flexibility index (Phi) is 4.55. The van der Waals surface area contributed by atoms with Crippen LogP contribution in [0.25, 0.3) is 0 Å². The van der Waals surface area contributed by atoms with Crippen LogP contribution in [0.2, 0.25) is 0 Å². The maximum absolute atomic E-state index is 11.4. The number of pyridine rings is 1. The van der Waals surface area contributed by atoms with Crippen molar-refractivity contribution >= 4 is 12.1 Å². The predicted molar refractivity (Wildman–Crippen MR) is 71.6 cm³/mol. The second-order valence-electron chi connectivity index (χ2n) is 4.95. The molecule has 6 nitrogen and oxygen atoms in total. The summed E-state index contributed by atoms with van der Waals surface area (Å²) in [5.41, 5.74) is 1.06. The van der Waals surface area contributed by atoms with Crippen molar-refractivity contribution in [2.24, 2.45) is 5.92 Å². The van der Waals surface area contributed by atoms with E-state index in [1.54, 1.807) is 11.0 Å². The molecule has 2 rings (SSSR count). The van der Waals surface area contributed by atoms with Crippen LogP contribution in [0.5, 0.6) is 0 Å². The number of ether oxygens (including phenoxy) is 1. The van der Waals surface area contributed by atoms with E-state index in [2.05, 4.69) is 4.98 Å².